The van der Waals surface area contributed by atoms with E-state index >= 15 is 0 Å². The van der Waals surface area contributed by atoms with Crippen molar-refractivity contribution in [1.82, 2.24) is 29.9 Å². The lowest BCUT2D eigenvalue weighted by Crippen LogP contribution is -2.49. The van der Waals surface area contributed by atoms with Crippen LogP contribution in [0.2, 0.25) is 0 Å². The molecule has 10 nitrogen and oxygen atoms in total. The molecule has 3 aliphatic heterocycles. The van der Waals surface area contributed by atoms with Gasteiger partial charge in [0.2, 0.25) is 0 Å². The summed E-state index contributed by atoms with van der Waals surface area (Å²) < 4.78 is 13.1. The highest BCUT2D eigenvalue weighted by molar-refractivity contribution is 5.98. The lowest BCUT2D eigenvalue weighted by molar-refractivity contribution is 0.0421. The number of morpholine rings is 1. The van der Waals surface area contributed by atoms with Crippen LogP contribution in [0.25, 0.3) is 5.57 Å². The molecule has 3 aliphatic rings. The highest BCUT2D eigenvalue weighted by atomic mass is 16.5. The van der Waals surface area contributed by atoms with Crippen molar-refractivity contribution in [3.8, 4) is 5.75 Å². The molecule has 1 fully saturated rings. The SMILES string of the molecule is C/C=C(/C=C\C=C(/C)c1nnc2n1CCC2)NC(=O)c1cc2c(cc1OC)CCN(C(=O)N1CCOCC1)C2.CCC. The number of amides is 3. The average molecular weight is 577 g/mol. The zero-order valence-electron chi connectivity index (χ0n) is 25.6. The molecule has 42 heavy (non-hydrogen) atoms. The molecule has 0 aliphatic carbocycles. The third-order valence-electron chi connectivity index (χ3n) is 7.48. The Hall–Kier alpha value is -3.92. The summed E-state index contributed by atoms with van der Waals surface area (Å²) in [4.78, 5) is 30.1. The number of carbonyl (C=O) groups is 2. The molecule has 0 spiro atoms. The number of aromatic nitrogens is 3. The van der Waals surface area contributed by atoms with Gasteiger partial charge >= 0.3 is 6.03 Å². The fourth-order valence-electron chi connectivity index (χ4n) is 5.27. The summed E-state index contributed by atoms with van der Waals surface area (Å²) in [6, 6.07) is 3.80. The first-order chi connectivity index (χ1) is 20.4. The number of allylic oxidation sites excluding steroid dienone is 5. The first-order valence-corrected chi connectivity index (χ1v) is 15.0. The Kier molecular flexibility index (Phi) is 10.9. The number of carbonyl (C=O) groups excluding carboxylic acids is 2. The molecule has 3 amide bonds. The number of nitrogens with zero attached hydrogens (tertiary/aromatic N) is 5. The molecule has 0 bridgehead atoms. The predicted octanol–water partition coefficient (Wildman–Crippen LogP) is 4.75. The first-order valence-electron chi connectivity index (χ1n) is 15.0. The van der Waals surface area contributed by atoms with Gasteiger partial charge in [0.05, 0.1) is 25.9 Å². The lowest BCUT2D eigenvalue weighted by atomic mass is 9.96. The van der Waals surface area contributed by atoms with Crippen LogP contribution in [0, 0.1) is 0 Å². The third-order valence-corrected chi connectivity index (χ3v) is 7.48. The second-order valence-electron chi connectivity index (χ2n) is 10.7. The molecule has 4 heterocycles. The molecule has 0 unspecified atom stereocenters. The van der Waals surface area contributed by atoms with Gasteiger partial charge in [-0.1, -0.05) is 38.5 Å². The quantitative estimate of drug-likeness (QED) is 0.498. The maximum Gasteiger partial charge on any atom is 0.320 e. The van der Waals surface area contributed by atoms with Crippen molar-refractivity contribution in [2.45, 2.75) is 66.5 Å². The fraction of sp³-hybridized carbons (Fsp3) is 0.500. The zero-order chi connectivity index (χ0) is 30.1. The van der Waals surface area contributed by atoms with E-state index in [2.05, 4.69) is 33.9 Å². The van der Waals surface area contributed by atoms with Crippen LogP contribution in [0.3, 0.4) is 0 Å². The summed E-state index contributed by atoms with van der Waals surface area (Å²) in [6.45, 7) is 12.5. The summed E-state index contributed by atoms with van der Waals surface area (Å²) in [5.41, 5.74) is 4.18. The number of ether oxygens (including phenoxy) is 2. The molecule has 2 aromatic rings. The second-order valence-corrected chi connectivity index (χ2v) is 10.7. The maximum absolute atomic E-state index is 13.3. The van der Waals surface area contributed by atoms with Gasteiger partial charge < -0.3 is 29.2 Å². The number of hydrogen-bond donors (Lipinski definition) is 1. The van der Waals surface area contributed by atoms with Crippen molar-refractivity contribution in [2.75, 3.05) is 40.0 Å². The second kappa shape index (κ2) is 14.8. The highest BCUT2D eigenvalue weighted by Crippen LogP contribution is 2.29. The number of methoxy groups -OCH3 is 1. The van der Waals surface area contributed by atoms with Gasteiger partial charge in [0.1, 0.15) is 11.6 Å². The molecule has 0 radical (unpaired) electrons. The Morgan fingerprint density at radius 2 is 1.81 bits per heavy atom. The molecule has 226 valence electrons. The van der Waals surface area contributed by atoms with Crippen LogP contribution >= 0.6 is 0 Å². The zero-order valence-corrected chi connectivity index (χ0v) is 25.6. The average Bonchev–Trinajstić information content (AvgIpc) is 3.64. The first kappa shape index (κ1) is 31.0. The number of fused-ring (bicyclic) bond motifs is 2. The molecule has 1 aromatic carbocycles. The van der Waals surface area contributed by atoms with Crippen LogP contribution in [0.15, 0.2) is 42.1 Å². The molecule has 0 saturated carbocycles. The Bertz CT molecular complexity index is 1350. The van der Waals surface area contributed by atoms with Crippen LogP contribution < -0.4 is 10.1 Å². The van der Waals surface area contributed by atoms with Gasteiger partial charge in [-0.25, -0.2) is 4.79 Å². The van der Waals surface area contributed by atoms with Crippen LogP contribution in [0.4, 0.5) is 4.79 Å². The van der Waals surface area contributed by atoms with E-state index in [1.807, 2.05) is 60.1 Å². The molecular weight excluding hydrogens is 532 g/mol. The number of rotatable bonds is 6. The number of benzene rings is 1. The molecule has 10 heteroatoms. The van der Waals surface area contributed by atoms with E-state index in [1.54, 1.807) is 7.11 Å². The normalized spacial score (nSPS) is 17.0. The van der Waals surface area contributed by atoms with Crippen molar-refractivity contribution >= 4 is 17.5 Å². The van der Waals surface area contributed by atoms with Crippen LogP contribution in [0.1, 0.15) is 73.7 Å². The van der Waals surface area contributed by atoms with E-state index in [4.69, 9.17) is 9.47 Å². The topological polar surface area (TPSA) is 102 Å². The van der Waals surface area contributed by atoms with Crippen molar-refractivity contribution in [1.29, 1.82) is 0 Å². The van der Waals surface area contributed by atoms with Gasteiger partial charge in [-0.05, 0) is 61.6 Å². The number of urea groups is 1. The molecular formula is C32H44N6O4. The van der Waals surface area contributed by atoms with Crippen molar-refractivity contribution < 1.29 is 19.1 Å². The Morgan fingerprint density at radius 3 is 2.52 bits per heavy atom. The minimum atomic E-state index is -0.264. The summed E-state index contributed by atoms with van der Waals surface area (Å²) in [7, 11) is 1.57. The van der Waals surface area contributed by atoms with Crippen LogP contribution in [0.5, 0.6) is 5.75 Å². The Labute approximate surface area is 249 Å². The van der Waals surface area contributed by atoms with Crippen LogP contribution in [-0.2, 0) is 30.7 Å². The minimum Gasteiger partial charge on any atom is -0.496 e. The van der Waals surface area contributed by atoms with E-state index in [1.165, 1.54) is 6.42 Å². The molecule has 1 aromatic heterocycles. The van der Waals surface area contributed by atoms with Gasteiger partial charge in [0.25, 0.3) is 5.91 Å². The standard InChI is InChI=1S/C29H36N6O4.C3H8/c1-4-23(8-5-7-20(2)27-32-31-26-9-6-11-35(26)27)30-28(36)24-17-22-19-34(12-10-21(22)18-25(24)38-3)29(37)33-13-15-39-16-14-33;1-3-2/h4-5,7-8,17-18H,6,9-16,19H2,1-3H3,(H,30,36);3H2,1-2H3/b8-5-,20-7+,23-4-;. The predicted molar refractivity (Wildman–Crippen MR) is 163 cm³/mol. The van der Waals surface area contributed by atoms with E-state index < -0.39 is 0 Å². The molecule has 5 rings (SSSR count). The van der Waals surface area contributed by atoms with Gasteiger partial charge in [-0.3, -0.25) is 4.79 Å². The van der Waals surface area contributed by atoms with E-state index in [-0.39, 0.29) is 11.9 Å². The summed E-state index contributed by atoms with van der Waals surface area (Å²) in [5.74, 6) is 2.18. The number of hydrogen-bond acceptors (Lipinski definition) is 6. The van der Waals surface area contributed by atoms with E-state index in [0.717, 1.165) is 47.7 Å². The number of aryl methyl sites for hydroxylation is 1. The van der Waals surface area contributed by atoms with Gasteiger partial charge in [-0.15, -0.1) is 10.2 Å². The third kappa shape index (κ3) is 7.28. The molecule has 1 N–H and O–H groups in total. The number of nitrogens with one attached hydrogen (secondary N) is 1. The van der Waals surface area contributed by atoms with Gasteiger partial charge in [0.15, 0.2) is 5.82 Å². The maximum atomic E-state index is 13.3. The Balaban J connectivity index is 0.00000129. The molecule has 0 atom stereocenters. The smallest absolute Gasteiger partial charge is 0.320 e. The van der Waals surface area contributed by atoms with E-state index in [0.29, 0.717) is 62.8 Å². The van der Waals surface area contributed by atoms with Crippen molar-refractivity contribution in [3.63, 3.8) is 0 Å². The summed E-state index contributed by atoms with van der Waals surface area (Å²) >= 11 is 0. The van der Waals surface area contributed by atoms with Gasteiger partial charge in [0, 0.05) is 44.8 Å². The van der Waals surface area contributed by atoms with Crippen molar-refractivity contribution in [3.05, 3.63) is 70.5 Å². The van der Waals surface area contributed by atoms with Gasteiger partial charge in [-0.2, -0.15) is 0 Å². The summed E-state index contributed by atoms with van der Waals surface area (Å²) in [6.07, 6.45) is 11.6. The monoisotopic (exact) mass is 576 g/mol. The minimum absolute atomic E-state index is 0.0199. The Morgan fingerprint density at radius 1 is 1.05 bits per heavy atom. The fourth-order valence-corrected chi connectivity index (χ4v) is 5.27. The molecule has 1 saturated heterocycles. The van der Waals surface area contributed by atoms with E-state index in [9.17, 15) is 9.59 Å². The highest BCUT2D eigenvalue weighted by Gasteiger charge is 2.28. The summed E-state index contributed by atoms with van der Waals surface area (Å²) in [5, 5.41) is 11.6. The van der Waals surface area contributed by atoms with Crippen molar-refractivity contribution in [2.24, 2.45) is 0 Å². The largest absolute Gasteiger partial charge is 0.496 e. The lowest BCUT2D eigenvalue weighted by Gasteiger charge is -2.35. The van der Waals surface area contributed by atoms with Crippen LogP contribution in [-0.4, -0.2) is 76.5 Å².